The standard InChI is InChI=1S/C16H23NO3/c1-11-5-6-12(2)13(9-11)10-14(18)17-16(3,4)8-7-15(19)20/h5-6,9H,7-8,10H2,1-4H3,(H,17,18)(H,19,20). The first-order valence-electron chi connectivity index (χ1n) is 6.78. The van der Waals surface area contributed by atoms with Crippen molar-refractivity contribution >= 4 is 11.9 Å². The third kappa shape index (κ3) is 5.43. The van der Waals surface area contributed by atoms with Crippen molar-refractivity contribution in [3.8, 4) is 0 Å². The fourth-order valence-corrected chi connectivity index (χ4v) is 2.07. The Bertz CT molecular complexity index is 506. The molecule has 0 radical (unpaired) electrons. The second-order valence-corrected chi connectivity index (χ2v) is 5.93. The van der Waals surface area contributed by atoms with Crippen LogP contribution in [0.1, 0.15) is 43.4 Å². The van der Waals surface area contributed by atoms with E-state index in [1.807, 2.05) is 45.9 Å². The van der Waals surface area contributed by atoms with Crippen LogP contribution in [0.5, 0.6) is 0 Å². The number of carboxylic acids is 1. The number of carbonyl (C=O) groups excluding carboxylic acids is 1. The minimum absolute atomic E-state index is 0.0523. The molecular weight excluding hydrogens is 254 g/mol. The summed E-state index contributed by atoms with van der Waals surface area (Å²) in [6.07, 6.45) is 0.793. The van der Waals surface area contributed by atoms with Gasteiger partial charge < -0.3 is 10.4 Å². The average Bonchev–Trinajstić information content (AvgIpc) is 2.31. The monoisotopic (exact) mass is 277 g/mol. The highest BCUT2D eigenvalue weighted by Gasteiger charge is 2.21. The van der Waals surface area contributed by atoms with Crippen LogP contribution in [0.15, 0.2) is 18.2 Å². The molecule has 0 saturated carbocycles. The Morgan fingerprint density at radius 1 is 1.25 bits per heavy atom. The van der Waals surface area contributed by atoms with E-state index in [1.54, 1.807) is 0 Å². The van der Waals surface area contributed by atoms with Gasteiger partial charge in [0.25, 0.3) is 0 Å². The first kappa shape index (κ1) is 16.2. The summed E-state index contributed by atoms with van der Waals surface area (Å²) in [6, 6.07) is 6.04. The fraction of sp³-hybridized carbons (Fsp3) is 0.500. The molecule has 0 atom stereocenters. The molecule has 0 aromatic heterocycles. The van der Waals surface area contributed by atoms with Gasteiger partial charge in [-0.1, -0.05) is 23.8 Å². The molecule has 2 N–H and O–H groups in total. The van der Waals surface area contributed by atoms with Gasteiger partial charge >= 0.3 is 5.97 Å². The number of aryl methyl sites for hydroxylation is 2. The van der Waals surface area contributed by atoms with Crippen LogP contribution in [0.4, 0.5) is 0 Å². The molecule has 4 nitrogen and oxygen atoms in total. The van der Waals surface area contributed by atoms with Gasteiger partial charge in [-0.15, -0.1) is 0 Å². The summed E-state index contributed by atoms with van der Waals surface area (Å²) in [5, 5.41) is 11.6. The SMILES string of the molecule is Cc1ccc(C)c(CC(=O)NC(C)(C)CCC(=O)O)c1. The predicted molar refractivity (Wildman–Crippen MR) is 78.7 cm³/mol. The molecule has 0 aliphatic rings. The number of rotatable bonds is 6. The lowest BCUT2D eigenvalue weighted by Crippen LogP contribution is -2.44. The first-order chi connectivity index (χ1) is 9.19. The van der Waals surface area contributed by atoms with Crippen molar-refractivity contribution in [2.24, 2.45) is 0 Å². The Labute approximate surface area is 120 Å². The van der Waals surface area contributed by atoms with Gasteiger partial charge in [-0.2, -0.15) is 0 Å². The van der Waals surface area contributed by atoms with Gasteiger partial charge in [0, 0.05) is 12.0 Å². The molecule has 0 saturated heterocycles. The summed E-state index contributed by atoms with van der Waals surface area (Å²) < 4.78 is 0. The number of hydrogen-bond donors (Lipinski definition) is 2. The Morgan fingerprint density at radius 2 is 1.90 bits per heavy atom. The maximum absolute atomic E-state index is 12.1. The zero-order valence-electron chi connectivity index (χ0n) is 12.6. The van der Waals surface area contributed by atoms with Crippen molar-refractivity contribution in [2.75, 3.05) is 0 Å². The molecule has 20 heavy (non-hydrogen) atoms. The van der Waals surface area contributed by atoms with Crippen LogP contribution in [-0.2, 0) is 16.0 Å². The molecule has 0 heterocycles. The van der Waals surface area contributed by atoms with E-state index in [2.05, 4.69) is 5.32 Å². The lowest BCUT2D eigenvalue weighted by molar-refractivity contribution is -0.137. The highest BCUT2D eigenvalue weighted by Crippen LogP contribution is 2.14. The van der Waals surface area contributed by atoms with Gasteiger partial charge in [-0.05, 0) is 45.2 Å². The Balaban J connectivity index is 2.63. The van der Waals surface area contributed by atoms with Crippen LogP contribution in [-0.4, -0.2) is 22.5 Å². The van der Waals surface area contributed by atoms with Gasteiger partial charge in [-0.3, -0.25) is 9.59 Å². The van der Waals surface area contributed by atoms with Gasteiger partial charge in [0.2, 0.25) is 5.91 Å². The van der Waals surface area contributed by atoms with E-state index in [1.165, 1.54) is 0 Å². The van der Waals surface area contributed by atoms with E-state index < -0.39 is 11.5 Å². The zero-order valence-corrected chi connectivity index (χ0v) is 12.6. The first-order valence-corrected chi connectivity index (χ1v) is 6.78. The number of nitrogens with one attached hydrogen (secondary N) is 1. The zero-order chi connectivity index (χ0) is 15.3. The molecular formula is C16H23NO3. The smallest absolute Gasteiger partial charge is 0.303 e. The summed E-state index contributed by atoms with van der Waals surface area (Å²) in [5.74, 6) is -0.920. The molecule has 0 bridgehead atoms. The van der Waals surface area contributed by atoms with Crippen molar-refractivity contribution in [2.45, 2.75) is 52.5 Å². The van der Waals surface area contributed by atoms with Gasteiger partial charge in [0.1, 0.15) is 0 Å². The van der Waals surface area contributed by atoms with E-state index in [0.717, 1.165) is 16.7 Å². The Hall–Kier alpha value is -1.84. The Kier molecular flexibility index (Phi) is 5.31. The summed E-state index contributed by atoms with van der Waals surface area (Å²) in [7, 11) is 0. The molecule has 1 aromatic carbocycles. The van der Waals surface area contributed by atoms with E-state index in [-0.39, 0.29) is 12.3 Å². The minimum atomic E-state index is -0.846. The van der Waals surface area contributed by atoms with Crippen LogP contribution in [0.25, 0.3) is 0 Å². The molecule has 0 unspecified atom stereocenters. The molecule has 0 aliphatic heterocycles. The van der Waals surface area contributed by atoms with Crippen molar-refractivity contribution in [1.82, 2.24) is 5.32 Å². The van der Waals surface area contributed by atoms with Crippen molar-refractivity contribution in [3.63, 3.8) is 0 Å². The number of aliphatic carboxylic acids is 1. The van der Waals surface area contributed by atoms with Gasteiger partial charge in [-0.25, -0.2) is 0 Å². The van der Waals surface area contributed by atoms with E-state index in [4.69, 9.17) is 5.11 Å². The largest absolute Gasteiger partial charge is 0.481 e. The minimum Gasteiger partial charge on any atom is -0.481 e. The van der Waals surface area contributed by atoms with Crippen LogP contribution in [0.2, 0.25) is 0 Å². The topological polar surface area (TPSA) is 66.4 Å². The quantitative estimate of drug-likeness (QED) is 0.840. The van der Waals surface area contributed by atoms with Gasteiger partial charge in [0.05, 0.1) is 6.42 Å². The van der Waals surface area contributed by atoms with Crippen LogP contribution < -0.4 is 5.32 Å². The lowest BCUT2D eigenvalue weighted by atomic mass is 9.97. The highest BCUT2D eigenvalue weighted by molar-refractivity contribution is 5.79. The van der Waals surface area contributed by atoms with Crippen molar-refractivity contribution in [3.05, 3.63) is 34.9 Å². The second kappa shape index (κ2) is 6.55. The number of carboxylic acid groups (broad SMARTS) is 1. The summed E-state index contributed by atoms with van der Waals surface area (Å²) in [4.78, 5) is 22.7. The molecule has 4 heteroatoms. The Morgan fingerprint density at radius 3 is 2.50 bits per heavy atom. The molecule has 1 amide bonds. The van der Waals surface area contributed by atoms with Crippen LogP contribution >= 0.6 is 0 Å². The average molecular weight is 277 g/mol. The van der Waals surface area contributed by atoms with Gasteiger partial charge in [0.15, 0.2) is 0 Å². The predicted octanol–water partition coefficient (Wildman–Crippen LogP) is 2.61. The molecule has 0 fully saturated rings. The maximum Gasteiger partial charge on any atom is 0.303 e. The van der Waals surface area contributed by atoms with E-state index in [9.17, 15) is 9.59 Å². The second-order valence-electron chi connectivity index (χ2n) is 5.93. The molecule has 0 aliphatic carbocycles. The fourth-order valence-electron chi connectivity index (χ4n) is 2.07. The number of benzene rings is 1. The van der Waals surface area contributed by atoms with E-state index in [0.29, 0.717) is 12.8 Å². The molecule has 1 rings (SSSR count). The van der Waals surface area contributed by atoms with E-state index >= 15 is 0 Å². The molecule has 110 valence electrons. The highest BCUT2D eigenvalue weighted by atomic mass is 16.4. The number of amides is 1. The maximum atomic E-state index is 12.1. The summed E-state index contributed by atoms with van der Waals surface area (Å²) in [6.45, 7) is 7.67. The van der Waals surface area contributed by atoms with Crippen molar-refractivity contribution < 1.29 is 14.7 Å². The third-order valence-electron chi connectivity index (χ3n) is 3.30. The van der Waals surface area contributed by atoms with Crippen LogP contribution in [0, 0.1) is 13.8 Å². The molecule has 1 aromatic rings. The normalized spacial score (nSPS) is 11.2. The number of hydrogen-bond acceptors (Lipinski definition) is 2. The van der Waals surface area contributed by atoms with Crippen LogP contribution in [0.3, 0.4) is 0 Å². The lowest BCUT2D eigenvalue weighted by Gasteiger charge is -2.25. The molecule has 0 spiro atoms. The van der Waals surface area contributed by atoms with Crippen molar-refractivity contribution in [1.29, 1.82) is 0 Å². The number of carbonyl (C=O) groups is 2. The summed E-state index contributed by atoms with van der Waals surface area (Å²) in [5.41, 5.74) is 2.72. The third-order valence-corrected chi connectivity index (χ3v) is 3.30. The summed E-state index contributed by atoms with van der Waals surface area (Å²) >= 11 is 0.